The average molecular weight is 338 g/mol. The van der Waals surface area contributed by atoms with E-state index in [1.165, 1.54) is 0 Å². The lowest BCUT2D eigenvalue weighted by Crippen LogP contribution is -2.13. The fraction of sp³-hybridized carbons (Fsp3) is 0.250. The van der Waals surface area contributed by atoms with Gasteiger partial charge in [0.1, 0.15) is 17.8 Å². The highest BCUT2D eigenvalue weighted by Gasteiger charge is 2.08. The van der Waals surface area contributed by atoms with Crippen molar-refractivity contribution < 1.29 is 13.9 Å². The third-order valence-electron chi connectivity index (χ3n) is 3.78. The number of rotatable bonds is 8. The maximum Gasteiger partial charge on any atom is 0.226 e. The van der Waals surface area contributed by atoms with Crippen LogP contribution in [-0.2, 0) is 13.1 Å². The van der Waals surface area contributed by atoms with Crippen LogP contribution in [0.4, 0.5) is 0 Å². The molecule has 0 saturated heterocycles. The molecule has 3 aromatic rings. The van der Waals surface area contributed by atoms with Gasteiger partial charge in [-0.3, -0.25) is 0 Å². The number of benzene rings is 2. The first-order valence-corrected chi connectivity index (χ1v) is 8.30. The van der Waals surface area contributed by atoms with Crippen LogP contribution < -0.4 is 14.8 Å². The molecule has 3 rings (SSSR count). The third-order valence-corrected chi connectivity index (χ3v) is 3.78. The van der Waals surface area contributed by atoms with Gasteiger partial charge in [-0.15, -0.1) is 0 Å². The number of nitrogens with one attached hydrogen (secondary N) is 1. The molecule has 0 bridgehead atoms. The Bertz CT molecular complexity index is 797. The Morgan fingerprint density at radius 3 is 2.60 bits per heavy atom. The molecule has 5 heteroatoms. The molecule has 0 aliphatic rings. The predicted molar refractivity (Wildman–Crippen MR) is 96.6 cm³/mol. The molecule has 1 aromatic heterocycles. The zero-order valence-corrected chi connectivity index (χ0v) is 14.5. The number of oxazole rings is 1. The van der Waals surface area contributed by atoms with E-state index < -0.39 is 0 Å². The fourth-order valence-electron chi connectivity index (χ4n) is 2.53. The molecular formula is C20H22N2O3. The Labute approximate surface area is 147 Å². The van der Waals surface area contributed by atoms with Gasteiger partial charge in [0.05, 0.1) is 19.4 Å². The Hall–Kier alpha value is -2.79. The molecule has 0 radical (unpaired) electrons. The van der Waals surface area contributed by atoms with Crippen molar-refractivity contribution in [1.82, 2.24) is 10.3 Å². The lowest BCUT2D eigenvalue weighted by Gasteiger charge is -2.10. The summed E-state index contributed by atoms with van der Waals surface area (Å²) in [5, 5.41) is 3.38. The number of ether oxygens (including phenoxy) is 2. The van der Waals surface area contributed by atoms with Gasteiger partial charge >= 0.3 is 0 Å². The maximum absolute atomic E-state index is 5.64. The van der Waals surface area contributed by atoms with Crippen molar-refractivity contribution in [2.24, 2.45) is 0 Å². The Balaban J connectivity index is 1.58. The number of hydrogen-bond acceptors (Lipinski definition) is 5. The highest BCUT2D eigenvalue weighted by atomic mass is 16.5. The van der Waals surface area contributed by atoms with E-state index in [4.69, 9.17) is 13.9 Å². The molecule has 1 heterocycles. The van der Waals surface area contributed by atoms with Crippen LogP contribution in [0.15, 0.2) is 59.2 Å². The van der Waals surface area contributed by atoms with Crippen LogP contribution >= 0.6 is 0 Å². The third kappa shape index (κ3) is 4.39. The molecule has 5 nitrogen and oxygen atoms in total. The Morgan fingerprint density at radius 1 is 1.04 bits per heavy atom. The van der Waals surface area contributed by atoms with Gasteiger partial charge < -0.3 is 19.2 Å². The van der Waals surface area contributed by atoms with Gasteiger partial charge in [0.25, 0.3) is 0 Å². The van der Waals surface area contributed by atoms with Crippen LogP contribution in [-0.4, -0.2) is 18.7 Å². The molecule has 1 N–H and O–H groups in total. The summed E-state index contributed by atoms with van der Waals surface area (Å²) in [5.41, 5.74) is 2.91. The minimum absolute atomic E-state index is 0.606. The number of aromatic nitrogens is 1. The molecule has 25 heavy (non-hydrogen) atoms. The van der Waals surface area contributed by atoms with E-state index in [9.17, 15) is 0 Å². The van der Waals surface area contributed by atoms with Gasteiger partial charge in [-0.1, -0.05) is 18.2 Å². The quantitative estimate of drug-likeness (QED) is 0.672. The van der Waals surface area contributed by atoms with Crippen LogP contribution in [0.5, 0.6) is 11.5 Å². The highest BCUT2D eigenvalue weighted by molar-refractivity contribution is 5.54. The zero-order valence-electron chi connectivity index (χ0n) is 14.5. The summed E-state index contributed by atoms with van der Waals surface area (Å²) in [6.07, 6.45) is 1.68. The summed E-state index contributed by atoms with van der Waals surface area (Å²) in [6.45, 7) is 3.98. The first-order chi connectivity index (χ1) is 12.3. The van der Waals surface area contributed by atoms with Crippen molar-refractivity contribution in [1.29, 1.82) is 0 Å². The summed E-state index contributed by atoms with van der Waals surface area (Å²) in [7, 11) is 1.65. The first kappa shape index (κ1) is 17.0. The van der Waals surface area contributed by atoms with Gasteiger partial charge in [-0.2, -0.15) is 0 Å². The molecular weight excluding hydrogens is 316 g/mol. The van der Waals surface area contributed by atoms with E-state index in [0.29, 0.717) is 25.6 Å². The average Bonchev–Trinajstić information content (AvgIpc) is 3.12. The molecule has 130 valence electrons. The maximum atomic E-state index is 5.64. The zero-order chi connectivity index (χ0) is 17.5. The molecule has 0 saturated carbocycles. The summed E-state index contributed by atoms with van der Waals surface area (Å²) in [5.74, 6) is 2.33. The van der Waals surface area contributed by atoms with Crippen molar-refractivity contribution in [2.75, 3.05) is 13.7 Å². The molecule has 0 amide bonds. The Morgan fingerprint density at radius 2 is 1.84 bits per heavy atom. The van der Waals surface area contributed by atoms with Gasteiger partial charge in [0.2, 0.25) is 5.89 Å². The van der Waals surface area contributed by atoms with Crippen molar-refractivity contribution in [3.63, 3.8) is 0 Å². The van der Waals surface area contributed by atoms with Crippen LogP contribution in [0.2, 0.25) is 0 Å². The SMILES string of the molecule is CCOc1ccccc1CNCc1coc(-c2ccc(OC)cc2)n1. The molecule has 0 fully saturated rings. The summed E-state index contributed by atoms with van der Waals surface area (Å²) in [6, 6.07) is 15.7. The lowest BCUT2D eigenvalue weighted by molar-refractivity contribution is 0.335. The van der Waals surface area contributed by atoms with E-state index >= 15 is 0 Å². The fourth-order valence-corrected chi connectivity index (χ4v) is 2.53. The first-order valence-electron chi connectivity index (χ1n) is 8.30. The number of hydrogen-bond donors (Lipinski definition) is 1. The van der Waals surface area contributed by atoms with Crippen LogP contribution in [0.1, 0.15) is 18.2 Å². The predicted octanol–water partition coefficient (Wildman–Crippen LogP) is 4.04. The van der Waals surface area contributed by atoms with Crippen molar-refractivity contribution in [2.45, 2.75) is 20.0 Å². The largest absolute Gasteiger partial charge is 0.497 e. The minimum Gasteiger partial charge on any atom is -0.497 e. The number of methoxy groups -OCH3 is 1. The summed E-state index contributed by atoms with van der Waals surface area (Å²) < 4.78 is 16.4. The van der Waals surface area contributed by atoms with Gasteiger partial charge in [-0.05, 0) is 37.3 Å². The molecule has 0 aliphatic carbocycles. The number of para-hydroxylation sites is 1. The number of nitrogens with zero attached hydrogens (tertiary/aromatic N) is 1. The highest BCUT2D eigenvalue weighted by Crippen LogP contribution is 2.22. The normalized spacial score (nSPS) is 10.6. The topological polar surface area (TPSA) is 56.5 Å². The van der Waals surface area contributed by atoms with Crippen molar-refractivity contribution in [3.8, 4) is 23.0 Å². The van der Waals surface area contributed by atoms with Gasteiger partial charge in [0, 0.05) is 24.2 Å². The van der Waals surface area contributed by atoms with E-state index in [0.717, 1.165) is 28.3 Å². The molecule has 0 aliphatic heterocycles. The van der Waals surface area contributed by atoms with Crippen LogP contribution in [0.3, 0.4) is 0 Å². The standard InChI is InChI=1S/C20H22N2O3/c1-3-24-19-7-5-4-6-16(19)12-21-13-17-14-25-20(22-17)15-8-10-18(23-2)11-9-15/h4-11,14,21H,3,12-13H2,1-2H3. The second-order valence-corrected chi connectivity index (χ2v) is 5.52. The summed E-state index contributed by atoms with van der Waals surface area (Å²) >= 11 is 0. The molecule has 0 unspecified atom stereocenters. The van der Waals surface area contributed by atoms with Gasteiger partial charge in [-0.25, -0.2) is 4.98 Å². The van der Waals surface area contributed by atoms with Crippen molar-refractivity contribution in [3.05, 3.63) is 66.1 Å². The monoisotopic (exact) mass is 338 g/mol. The second kappa shape index (κ2) is 8.35. The van der Waals surface area contributed by atoms with E-state index in [-0.39, 0.29) is 0 Å². The van der Waals surface area contributed by atoms with Gasteiger partial charge in [0.15, 0.2) is 0 Å². The molecule has 0 atom stereocenters. The Kier molecular flexibility index (Phi) is 5.69. The van der Waals surface area contributed by atoms with Crippen LogP contribution in [0.25, 0.3) is 11.5 Å². The van der Waals surface area contributed by atoms with E-state index in [1.807, 2.05) is 49.4 Å². The summed E-state index contributed by atoms with van der Waals surface area (Å²) in [4.78, 5) is 4.52. The molecule has 0 spiro atoms. The smallest absolute Gasteiger partial charge is 0.226 e. The minimum atomic E-state index is 0.606. The molecule has 2 aromatic carbocycles. The van der Waals surface area contributed by atoms with E-state index in [1.54, 1.807) is 13.4 Å². The second-order valence-electron chi connectivity index (χ2n) is 5.52. The lowest BCUT2D eigenvalue weighted by atomic mass is 10.2. The van der Waals surface area contributed by atoms with Crippen molar-refractivity contribution >= 4 is 0 Å². The van der Waals surface area contributed by atoms with Crippen LogP contribution in [0, 0.1) is 0 Å². The van der Waals surface area contributed by atoms with E-state index in [2.05, 4.69) is 16.4 Å².